The average molecular weight is 278 g/mol. The molecule has 0 aliphatic carbocycles. The molecule has 1 fully saturated rings. The molecule has 5 heteroatoms. The lowest BCUT2D eigenvalue weighted by Crippen LogP contribution is -2.52. The van der Waals surface area contributed by atoms with Crippen LogP contribution in [0.3, 0.4) is 0 Å². The Morgan fingerprint density at radius 1 is 1.40 bits per heavy atom. The Balaban J connectivity index is 2.13. The van der Waals surface area contributed by atoms with Crippen LogP contribution in [-0.4, -0.2) is 48.2 Å². The Labute approximate surface area is 121 Å². The monoisotopic (exact) mass is 278 g/mol. The van der Waals surface area contributed by atoms with Crippen molar-refractivity contribution in [1.29, 1.82) is 0 Å². The fourth-order valence-electron chi connectivity index (χ4n) is 2.61. The topological polar surface area (TPSA) is 54.6 Å². The summed E-state index contributed by atoms with van der Waals surface area (Å²) in [6, 6.07) is 4.41. The van der Waals surface area contributed by atoms with E-state index < -0.39 is 0 Å². The van der Waals surface area contributed by atoms with Crippen LogP contribution in [-0.2, 0) is 0 Å². The predicted octanol–water partition coefficient (Wildman–Crippen LogP) is 1.98. The first kappa shape index (κ1) is 14.9. The van der Waals surface area contributed by atoms with Crippen LogP contribution < -0.4 is 15.4 Å². The molecule has 1 atom stereocenters. The Hall–Kier alpha value is -1.49. The van der Waals surface area contributed by atoms with Crippen molar-refractivity contribution in [2.45, 2.75) is 39.8 Å². The highest BCUT2D eigenvalue weighted by Gasteiger charge is 2.23. The molecule has 2 rings (SSSR count). The lowest BCUT2D eigenvalue weighted by Gasteiger charge is -2.40. The Morgan fingerprint density at radius 2 is 2.15 bits per heavy atom. The second-order valence-corrected chi connectivity index (χ2v) is 5.65. The van der Waals surface area contributed by atoms with Gasteiger partial charge in [-0.1, -0.05) is 6.92 Å². The molecule has 1 aromatic heterocycles. The molecule has 0 bridgehead atoms. The maximum atomic E-state index is 5.92. The standard InChI is InChI=1S/C15H26N4O/c1-5-18-8-9-19(10-12(18)4)14-7-6-13(16)15(17-14)20-11(2)3/h6-7,11-12H,5,8-10,16H2,1-4H3. The van der Waals surface area contributed by atoms with Crippen LogP contribution in [0.5, 0.6) is 5.88 Å². The van der Waals surface area contributed by atoms with Crippen molar-refractivity contribution in [2.75, 3.05) is 36.8 Å². The molecule has 5 nitrogen and oxygen atoms in total. The quantitative estimate of drug-likeness (QED) is 0.912. The maximum Gasteiger partial charge on any atom is 0.239 e. The van der Waals surface area contributed by atoms with Gasteiger partial charge in [-0.05, 0) is 39.4 Å². The first-order valence-electron chi connectivity index (χ1n) is 7.43. The number of nitrogen functional groups attached to an aromatic ring is 1. The Kier molecular flexibility index (Phi) is 4.70. The van der Waals surface area contributed by atoms with Gasteiger partial charge in [-0.15, -0.1) is 0 Å². The summed E-state index contributed by atoms with van der Waals surface area (Å²) >= 11 is 0. The van der Waals surface area contributed by atoms with E-state index in [1.807, 2.05) is 26.0 Å². The molecule has 0 radical (unpaired) electrons. The molecule has 112 valence electrons. The molecule has 1 saturated heterocycles. The fraction of sp³-hybridized carbons (Fsp3) is 0.667. The summed E-state index contributed by atoms with van der Waals surface area (Å²) in [4.78, 5) is 9.38. The summed E-state index contributed by atoms with van der Waals surface area (Å²) < 4.78 is 5.67. The fourth-order valence-corrected chi connectivity index (χ4v) is 2.61. The van der Waals surface area contributed by atoms with Crippen molar-refractivity contribution in [1.82, 2.24) is 9.88 Å². The number of nitrogens with two attached hydrogens (primary N) is 1. The molecular weight excluding hydrogens is 252 g/mol. The number of nitrogens with zero attached hydrogens (tertiary/aromatic N) is 3. The number of rotatable bonds is 4. The number of aromatic nitrogens is 1. The van der Waals surface area contributed by atoms with Gasteiger partial charge >= 0.3 is 0 Å². The average Bonchev–Trinajstić information content (AvgIpc) is 2.40. The van der Waals surface area contributed by atoms with Gasteiger partial charge in [0.2, 0.25) is 5.88 Å². The Morgan fingerprint density at radius 3 is 2.75 bits per heavy atom. The van der Waals surface area contributed by atoms with E-state index in [2.05, 4.69) is 28.6 Å². The van der Waals surface area contributed by atoms with Gasteiger partial charge in [0.1, 0.15) is 5.82 Å². The van der Waals surface area contributed by atoms with E-state index in [9.17, 15) is 0 Å². The van der Waals surface area contributed by atoms with Gasteiger partial charge in [0.05, 0.1) is 11.8 Å². The zero-order valence-electron chi connectivity index (χ0n) is 13.0. The normalized spacial score (nSPS) is 20.4. The smallest absolute Gasteiger partial charge is 0.239 e. The van der Waals surface area contributed by atoms with Crippen LogP contribution in [0.4, 0.5) is 11.5 Å². The van der Waals surface area contributed by atoms with Crippen LogP contribution in [0, 0.1) is 0 Å². The largest absolute Gasteiger partial charge is 0.473 e. The van der Waals surface area contributed by atoms with Crippen LogP contribution in [0.1, 0.15) is 27.7 Å². The zero-order chi connectivity index (χ0) is 14.7. The third-order valence-corrected chi connectivity index (χ3v) is 3.72. The summed E-state index contributed by atoms with van der Waals surface area (Å²) in [6.07, 6.45) is 0.0795. The highest BCUT2D eigenvalue weighted by molar-refractivity contribution is 5.54. The van der Waals surface area contributed by atoms with E-state index >= 15 is 0 Å². The molecule has 0 amide bonds. The van der Waals surface area contributed by atoms with E-state index in [-0.39, 0.29) is 6.10 Å². The number of hydrogen-bond donors (Lipinski definition) is 1. The molecular formula is C15H26N4O. The van der Waals surface area contributed by atoms with E-state index in [0.717, 1.165) is 32.0 Å². The van der Waals surface area contributed by atoms with Crippen LogP contribution >= 0.6 is 0 Å². The highest BCUT2D eigenvalue weighted by atomic mass is 16.5. The molecule has 1 unspecified atom stereocenters. The maximum absolute atomic E-state index is 5.92. The zero-order valence-corrected chi connectivity index (χ0v) is 13.0. The van der Waals surface area contributed by atoms with E-state index in [4.69, 9.17) is 10.5 Å². The third-order valence-electron chi connectivity index (χ3n) is 3.72. The van der Waals surface area contributed by atoms with Gasteiger partial charge in [-0.25, -0.2) is 0 Å². The number of likely N-dealkylation sites (N-methyl/N-ethyl adjacent to an activating group) is 1. The second kappa shape index (κ2) is 6.31. The predicted molar refractivity (Wildman–Crippen MR) is 83.3 cm³/mol. The van der Waals surface area contributed by atoms with E-state index in [1.54, 1.807) is 0 Å². The van der Waals surface area contributed by atoms with E-state index in [1.165, 1.54) is 0 Å². The van der Waals surface area contributed by atoms with E-state index in [0.29, 0.717) is 17.6 Å². The van der Waals surface area contributed by atoms with Crippen LogP contribution in [0.15, 0.2) is 12.1 Å². The lowest BCUT2D eigenvalue weighted by atomic mass is 10.2. The van der Waals surface area contributed by atoms with Crippen LogP contribution in [0.25, 0.3) is 0 Å². The van der Waals surface area contributed by atoms with Gasteiger partial charge in [0.25, 0.3) is 0 Å². The van der Waals surface area contributed by atoms with Crippen molar-refractivity contribution < 1.29 is 4.74 Å². The summed E-state index contributed by atoms with van der Waals surface area (Å²) in [5, 5.41) is 0. The van der Waals surface area contributed by atoms with Gasteiger partial charge in [-0.3, -0.25) is 4.90 Å². The number of ether oxygens (including phenoxy) is 1. The molecule has 1 aliphatic rings. The summed E-state index contributed by atoms with van der Waals surface area (Å²) in [7, 11) is 0. The minimum atomic E-state index is 0.0795. The number of hydrogen-bond acceptors (Lipinski definition) is 5. The second-order valence-electron chi connectivity index (χ2n) is 5.65. The number of pyridine rings is 1. The summed E-state index contributed by atoms with van der Waals surface area (Å²) in [6.45, 7) is 12.6. The molecule has 0 saturated carbocycles. The number of piperazine rings is 1. The van der Waals surface area contributed by atoms with Gasteiger partial charge in [0.15, 0.2) is 0 Å². The van der Waals surface area contributed by atoms with Crippen molar-refractivity contribution in [3.63, 3.8) is 0 Å². The Bertz CT molecular complexity index is 449. The minimum absolute atomic E-state index is 0.0795. The van der Waals surface area contributed by atoms with Crippen LogP contribution in [0.2, 0.25) is 0 Å². The first-order valence-corrected chi connectivity index (χ1v) is 7.43. The van der Waals surface area contributed by atoms with Crippen molar-refractivity contribution in [3.8, 4) is 5.88 Å². The molecule has 2 heterocycles. The van der Waals surface area contributed by atoms with Crippen molar-refractivity contribution in [2.24, 2.45) is 0 Å². The lowest BCUT2D eigenvalue weighted by molar-refractivity contribution is 0.198. The molecule has 0 spiro atoms. The van der Waals surface area contributed by atoms with Gasteiger partial charge < -0.3 is 15.4 Å². The molecule has 1 aromatic rings. The summed E-state index contributed by atoms with van der Waals surface area (Å²) in [5.74, 6) is 1.50. The van der Waals surface area contributed by atoms with Gasteiger partial charge in [0, 0.05) is 25.7 Å². The minimum Gasteiger partial charge on any atom is -0.473 e. The molecule has 20 heavy (non-hydrogen) atoms. The molecule has 1 aliphatic heterocycles. The molecule has 2 N–H and O–H groups in total. The van der Waals surface area contributed by atoms with Crippen molar-refractivity contribution in [3.05, 3.63) is 12.1 Å². The van der Waals surface area contributed by atoms with Gasteiger partial charge in [-0.2, -0.15) is 4.98 Å². The SMILES string of the molecule is CCN1CCN(c2ccc(N)c(OC(C)C)n2)CC1C. The third kappa shape index (κ3) is 3.33. The first-order chi connectivity index (χ1) is 9.51. The number of anilines is 2. The molecule has 0 aromatic carbocycles. The van der Waals surface area contributed by atoms with Crippen molar-refractivity contribution >= 4 is 11.5 Å². The summed E-state index contributed by atoms with van der Waals surface area (Å²) in [5.41, 5.74) is 6.52. The highest BCUT2D eigenvalue weighted by Crippen LogP contribution is 2.25.